The van der Waals surface area contributed by atoms with E-state index >= 15 is 0 Å². The van der Waals surface area contributed by atoms with Crippen molar-refractivity contribution in [3.63, 3.8) is 0 Å². The summed E-state index contributed by atoms with van der Waals surface area (Å²) in [5.41, 5.74) is 8.39. The second kappa shape index (κ2) is 5.71. The molecule has 2 aromatic rings. The summed E-state index contributed by atoms with van der Waals surface area (Å²) in [4.78, 5) is 4.73. The van der Waals surface area contributed by atoms with Crippen molar-refractivity contribution in [1.29, 1.82) is 0 Å². The molecule has 18 heavy (non-hydrogen) atoms. The van der Waals surface area contributed by atoms with E-state index in [1.165, 1.54) is 0 Å². The molecule has 96 valence electrons. The van der Waals surface area contributed by atoms with Gasteiger partial charge >= 0.3 is 0 Å². The Balaban J connectivity index is 2.48. The van der Waals surface area contributed by atoms with E-state index in [0.717, 1.165) is 48.7 Å². The van der Waals surface area contributed by atoms with Crippen LogP contribution in [0.1, 0.15) is 32.4 Å². The summed E-state index contributed by atoms with van der Waals surface area (Å²) in [6.45, 7) is 5.24. The molecule has 1 aromatic carbocycles. The number of hydrogen-bond donors (Lipinski definition) is 1. The highest BCUT2D eigenvalue weighted by Crippen LogP contribution is 2.25. The molecule has 0 aliphatic carbocycles. The Morgan fingerprint density at radius 2 is 1.83 bits per heavy atom. The fourth-order valence-electron chi connectivity index (χ4n) is 2.19. The van der Waals surface area contributed by atoms with Crippen molar-refractivity contribution in [2.24, 2.45) is 0 Å². The molecule has 0 saturated carbocycles. The minimum absolute atomic E-state index is 0.831. The van der Waals surface area contributed by atoms with Crippen molar-refractivity contribution >= 4 is 5.82 Å². The maximum Gasteiger partial charge on any atom is 0.141 e. The van der Waals surface area contributed by atoms with Gasteiger partial charge in [-0.15, -0.1) is 0 Å². The van der Waals surface area contributed by atoms with Crippen LogP contribution in [-0.2, 0) is 13.0 Å². The molecule has 0 saturated heterocycles. The Bertz CT molecular complexity index is 500. The lowest BCUT2D eigenvalue weighted by molar-refractivity contribution is 0.692. The molecule has 0 fully saturated rings. The van der Waals surface area contributed by atoms with E-state index in [9.17, 15) is 0 Å². The van der Waals surface area contributed by atoms with Crippen LogP contribution < -0.4 is 5.73 Å². The minimum atomic E-state index is 0.831. The van der Waals surface area contributed by atoms with E-state index < -0.39 is 0 Å². The number of anilines is 1. The Morgan fingerprint density at radius 1 is 1.11 bits per heavy atom. The second-order valence-corrected chi connectivity index (χ2v) is 4.54. The van der Waals surface area contributed by atoms with Crippen LogP contribution in [0.3, 0.4) is 0 Å². The lowest BCUT2D eigenvalue weighted by Crippen LogP contribution is -2.05. The van der Waals surface area contributed by atoms with Crippen molar-refractivity contribution in [2.45, 2.75) is 39.7 Å². The highest BCUT2D eigenvalue weighted by Gasteiger charge is 2.14. The molecule has 0 atom stereocenters. The third-order valence-electron chi connectivity index (χ3n) is 3.05. The van der Waals surface area contributed by atoms with Crippen LogP contribution in [0.15, 0.2) is 30.3 Å². The van der Waals surface area contributed by atoms with Crippen molar-refractivity contribution in [3.8, 4) is 11.4 Å². The van der Waals surface area contributed by atoms with E-state index in [1.807, 2.05) is 18.2 Å². The first-order valence-corrected chi connectivity index (χ1v) is 6.68. The summed E-state index contributed by atoms with van der Waals surface area (Å²) in [6.07, 6.45) is 3.08. The van der Waals surface area contributed by atoms with Crippen molar-refractivity contribution < 1.29 is 0 Å². The third kappa shape index (κ3) is 2.40. The predicted molar refractivity (Wildman–Crippen MR) is 76.4 cm³/mol. The summed E-state index contributed by atoms with van der Waals surface area (Å²) in [7, 11) is 0. The Kier molecular flexibility index (Phi) is 4.03. The van der Waals surface area contributed by atoms with Crippen LogP contribution in [-0.4, -0.2) is 9.55 Å². The van der Waals surface area contributed by atoms with Gasteiger partial charge in [-0.3, -0.25) is 0 Å². The molecule has 1 aromatic heterocycles. The van der Waals surface area contributed by atoms with Gasteiger partial charge in [0.1, 0.15) is 11.6 Å². The molecule has 3 nitrogen and oxygen atoms in total. The number of nitrogens with zero attached hydrogens (tertiary/aromatic N) is 2. The summed E-state index contributed by atoms with van der Waals surface area (Å²) in [5.74, 6) is 1.83. The molecular formula is C15H21N3. The molecule has 0 bridgehead atoms. The summed E-state index contributed by atoms with van der Waals surface area (Å²) < 4.78 is 2.14. The number of rotatable bonds is 5. The van der Waals surface area contributed by atoms with Crippen molar-refractivity contribution in [1.82, 2.24) is 9.55 Å². The SMILES string of the molecule is CCCc1nc(-c2ccccc2)n(CCC)c1N. The van der Waals surface area contributed by atoms with E-state index in [0.29, 0.717) is 0 Å². The first-order chi connectivity index (χ1) is 8.77. The molecule has 0 aliphatic heterocycles. The lowest BCUT2D eigenvalue weighted by Gasteiger charge is -2.08. The summed E-state index contributed by atoms with van der Waals surface area (Å²) in [6, 6.07) is 10.3. The van der Waals surface area contributed by atoms with E-state index in [1.54, 1.807) is 0 Å². The Morgan fingerprint density at radius 3 is 2.44 bits per heavy atom. The van der Waals surface area contributed by atoms with Gasteiger partial charge in [0, 0.05) is 12.1 Å². The topological polar surface area (TPSA) is 43.8 Å². The van der Waals surface area contributed by atoms with Gasteiger partial charge in [0.2, 0.25) is 0 Å². The van der Waals surface area contributed by atoms with Crippen molar-refractivity contribution in [3.05, 3.63) is 36.0 Å². The highest BCUT2D eigenvalue weighted by atomic mass is 15.1. The highest BCUT2D eigenvalue weighted by molar-refractivity contribution is 5.60. The molecule has 0 radical (unpaired) electrons. The van der Waals surface area contributed by atoms with Crippen LogP contribution in [0, 0.1) is 0 Å². The standard InChI is InChI=1S/C15H21N3/c1-3-8-13-14(16)18(11-4-2)15(17-13)12-9-6-5-7-10-12/h5-7,9-10H,3-4,8,11,16H2,1-2H3. The van der Waals surface area contributed by atoms with Gasteiger partial charge in [-0.1, -0.05) is 50.6 Å². The fraction of sp³-hybridized carbons (Fsp3) is 0.400. The van der Waals surface area contributed by atoms with Gasteiger partial charge in [-0.05, 0) is 12.8 Å². The zero-order valence-electron chi connectivity index (χ0n) is 11.2. The molecule has 0 spiro atoms. The average Bonchev–Trinajstić information content (AvgIpc) is 2.70. The van der Waals surface area contributed by atoms with Gasteiger partial charge in [-0.2, -0.15) is 0 Å². The van der Waals surface area contributed by atoms with Crippen LogP contribution in [0.2, 0.25) is 0 Å². The third-order valence-corrected chi connectivity index (χ3v) is 3.05. The fourth-order valence-corrected chi connectivity index (χ4v) is 2.19. The van der Waals surface area contributed by atoms with Crippen LogP contribution in [0.4, 0.5) is 5.82 Å². The van der Waals surface area contributed by atoms with E-state index in [-0.39, 0.29) is 0 Å². The maximum absolute atomic E-state index is 6.21. The number of imidazole rings is 1. The molecule has 2 N–H and O–H groups in total. The van der Waals surface area contributed by atoms with E-state index in [2.05, 4.69) is 30.5 Å². The summed E-state index contributed by atoms with van der Waals surface area (Å²) in [5, 5.41) is 0. The molecule has 2 rings (SSSR count). The number of benzene rings is 1. The molecule has 1 heterocycles. The zero-order chi connectivity index (χ0) is 13.0. The zero-order valence-corrected chi connectivity index (χ0v) is 11.2. The molecule has 0 unspecified atom stereocenters. The van der Waals surface area contributed by atoms with Gasteiger partial charge < -0.3 is 10.3 Å². The van der Waals surface area contributed by atoms with Crippen molar-refractivity contribution in [2.75, 3.05) is 5.73 Å². The summed E-state index contributed by atoms with van der Waals surface area (Å²) >= 11 is 0. The maximum atomic E-state index is 6.21. The van der Waals surface area contributed by atoms with Crippen LogP contribution in [0.25, 0.3) is 11.4 Å². The monoisotopic (exact) mass is 243 g/mol. The second-order valence-electron chi connectivity index (χ2n) is 4.54. The van der Waals surface area contributed by atoms with Crippen LogP contribution in [0.5, 0.6) is 0 Å². The molecule has 0 aliphatic rings. The van der Waals surface area contributed by atoms with E-state index in [4.69, 9.17) is 10.7 Å². The van der Waals surface area contributed by atoms with Gasteiger partial charge in [0.15, 0.2) is 0 Å². The lowest BCUT2D eigenvalue weighted by atomic mass is 10.2. The quantitative estimate of drug-likeness (QED) is 0.873. The predicted octanol–water partition coefficient (Wildman–Crippen LogP) is 3.49. The molecule has 3 heteroatoms. The number of nitrogen functional groups attached to an aromatic ring is 1. The van der Waals surface area contributed by atoms with Gasteiger partial charge in [-0.25, -0.2) is 4.98 Å². The number of aryl methyl sites for hydroxylation is 1. The number of nitrogens with two attached hydrogens (primary N) is 1. The van der Waals surface area contributed by atoms with Gasteiger partial charge in [0.05, 0.1) is 5.69 Å². The Labute approximate surface area is 109 Å². The first-order valence-electron chi connectivity index (χ1n) is 6.68. The molecular weight excluding hydrogens is 222 g/mol. The Hall–Kier alpha value is -1.77. The number of hydrogen-bond acceptors (Lipinski definition) is 2. The largest absolute Gasteiger partial charge is 0.384 e. The van der Waals surface area contributed by atoms with Crippen LogP contribution >= 0.6 is 0 Å². The first kappa shape index (κ1) is 12.7. The molecule has 0 amide bonds. The van der Waals surface area contributed by atoms with Gasteiger partial charge in [0.25, 0.3) is 0 Å². The minimum Gasteiger partial charge on any atom is -0.384 e. The number of aromatic nitrogens is 2. The normalized spacial score (nSPS) is 10.8. The smallest absolute Gasteiger partial charge is 0.141 e. The average molecular weight is 243 g/mol.